The van der Waals surface area contributed by atoms with Gasteiger partial charge in [0.05, 0.1) is 11.9 Å². The van der Waals surface area contributed by atoms with Gasteiger partial charge in [-0.3, -0.25) is 14.2 Å². The molecule has 0 aliphatic rings. The predicted octanol–water partition coefficient (Wildman–Crippen LogP) is 3.96. The zero-order chi connectivity index (χ0) is 22.1. The van der Waals surface area contributed by atoms with Crippen LogP contribution in [0, 0.1) is 13.8 Å². The maximum Gasteiger partial charge on any atom is 0.264 e. The average molecular weight is 415 g/mol. The van der Waals surface area contributed by atoms with Crippen LogP contribution >= 0.6 is 0 Å². The summed E-state index contributed by atoms with van der Waals surface area (Å²) in [6.07, 6.45) is 2.90. The van der Waals surface area contributed by atoms with Crippen LogP contribution in [0.1, 0.15) is 36.5 Å². The summed E-state index contributed by atoms with van der Waals surface area (Å²) in [4.78, 5) is 29.9. The Morgan fingerprint density at radius 1 is 1.10 bits per heavy atom. The summed E-state index contributed by atoms with van der Waals surface area (Å²) in [6.45, 7) is 8.09. The van der Waals surface area contributed by atoms with E-state index in [2.05, 4.69) is 29.2 Å². The second-order valence-electron chi connectivity index (χ2n) is 8.01. The van der Waals surface area contributed by atoms with Crippen molar-refractivity contribution in [2.24, 2.45) is 0 Å². The van der Waals surface area contributed by atoms with Crippen LogP contribution in [0.25, 0.3) is 16.7 Å². The Morgan fingerprint density at radius 3 is 2.55 bits per heavy atom. The lowest BCUT2D eigenvalue weighted by molar-refractivity contribution is -0.116. The lowest BCUT2D eigenvalue weighted by Gasteiger charge is -2.11. The molecule has 7 heteroatoms. The topological polar surface area (TPSA) is 81.8 Å². The van der Waals surface area contributed by atoms with Gasteiger partial charge in [0.15, 0.2) is 5.65 Å². The molecule has 2 heterocycles. The van der Waals surface area contributed by atoms with Crippen LogP contribution in [0.5, 0.6) is 0 Å². The van der Waals surface area contributed by atoms with E-state index >= 15 is 0 Å². The summed E-state index contributed by atoms with van der Waals surface area (Å²) in [5.74, 6) is 0.150. The summed E-state index contributed by atoms with van der Waals surface area (Å²) >= 11 is 0. The van der Waals surface area contributed by atoms with Crippen molar-refractivity contribution in [3.63, 3.8) is 0 Å². The highest BCUT2D eigenvalue weighted by Crippen LogP contribution is 2.19. The van der Waals surface area contributed by atoms with Crippen LogP contribution in [0.2, 0.25) is 0 Å². The molecular weight excluding hydrogens is 390 g/mol. The number of carbonyl (C=O) groups is 1. The fraction of sp³-hybridized carbons (Fsp3) is 0.250. The van der Waals surface area contributed by atoms with E-state index in [1.165, 1.54) is 22.7 Å². The molecule has 7 nitrogen and oxygen atoms in total. The van der Waals surface area contributed by atoms with Crippen LogP contribution in [0.3, 0.4) is 0 Å². The first kappa shape index (κ1) is 20.5. The normalized spacial score (nSPS) is 11.3. The highest BCUT2D eigenvalue weighted by atomic mass is 16.2. The molecule has 2 aromatic heterocycles. The number of hydrogen-bond donors (Lipinski definition) is 1. The highest BCUT2D eigenvalue weighted by molar-refractivity contribution is 5.91. The fourth-order valence-electron chi connectivity index (χ4n) is 3.48. The van der Waals surface area contributed by atoms with Crippen molar-refractivity contribution >= 4 is 22.6 Å². The molecule has 0 spiro atoms. The van der Waals surface area contributed by atoms with Crippen LogP contribution in [-0.2, 0) is 11.3 Å². The average Bonchev–Trinajstić information content (AvgIpc) is 3.18. The van der Waals surface area contributed by atoms with Crippen molar-refractivity contribution in [2.45, 2.75) is 40.2 Å². The monoisotopic (exact) mass is 415 g/mol. The second kappa shape index (κ2) is 8.18. The first-order valence-corrected chi connectivity index (χ1v) is 10.2. The molecule has 4 aromatic rings. The third kappa shape index (κ3) is 3.99. The number of anilines is 1. The molecule has 2 aromatic carbocycles. The molecule has 158 valence electrons. The van der Waals surface area contributed by atoms with E-state index in [0.29, 0.717) is 17.0 Å². The molecule has 0 atom stereocenters. The summed E-state index contributed by atoms with van der Waals surface area (Å²) in [5.41, 5.74) is 5.06. The lowest BCUT2D eigenvalue weighted by atomic mass is 10.0. The zero-order valence-corrected chi connectivity index (χ0v) is 18.1. The molecule has 0 aliphatic carbocycles. The van der Waals surface area contributed by atoms with Gasteiger partial charge in [0, 0.05) is 5.69 Å². The quantitative estimate of drug-likeness (QED) is 0.535. The van der Waals surface area contributed by atoms with E-state index in [0.717, 1.165) is 22.5 Å². The van der Waals surface area contributed by atoms with Gasteiger partial charge in [0.25, 0.3) is 5.56 Å². The molecule has 0 saturated heterocycles. The SMILES string of the molecule is Cc1cccc(NC(=O)Cn2cnc3c(cnn3-c3ccc(C(C)C)cc3)c2=O)c1C. The van der Waals surface area contributed by atoms with Crippen molar-refractivity contribution in [3.8, 4) is 5.69 Å². The van der Waals surface area contributed by atoms with Gasteiger partial charge in [0.2, 0.25) is 5.91 Å². The van der Waals surface area contributed by atoms with E-state index in [9.17, 15) is 9.59 Å². The minimum atomic E-state index is -0.300. The summed E-state index contributed by atoms with van der Waals surface area (Å²) in [5, 5.41) is 7.59. The molecule has 4 rings (SSSR count). The van der Waals surface area contributed by atoms with Crippen LogP contribution in [0.4, 0.5) is 5.69 Å². The number of nitrogens with one attached hydrogen (secondary N) is 1. The maximum absolute atomic E-state index is 12.9. The number of fused-ring (bicyclic) bond motifs is 1. The van der Waals surface area contributed by atoms with Gasteiger partial charge in [-0.25, -0.2) is 9.67 Å². The van der Waals surface area contributed by atoms with Crippen molar-refractivity contribution in [1.29, 1.82) is 0 Å². The zero-order valence-electron chi connectivity index (χ0n) is 18.1. The minimum absolute atomic E-state index is 0.122. The van der Waals surface area contributed by atoms with Crippen molar-refractivity contribution in [2.75, 3.05) is 5.32 Å². The molecule has 1 amide bonds. The molecule has 0 unspecified atom stereocenters. The Labute approximate surface area is 180 Å². The largest absolute Gasteiger partial charge is 0.324 e. The summed E-state index contributed by atoms with van der Waals surface area (Å²) < 4.78 is 2.94. The number of hydrogen-bond acceptors (Lipinski definition) is 4. The Hall–Kier alpha value is -3.74. The van der Waals surface area contributed by atoms with Crippen LogP contribution in [0.15, 0.2) is 59.8 Å². The smallest absolute Gasteiger partial charge is 0.264 e. The number of amides is 1. The number of aromatic nitrogens is 4. The molecule has 0 bridgehead atoms. The van der Waals surface area contributed by atoms with Crippen molar-refractivity contribution in [3.05, 3.63) is 82.0 Å². The number of nitrogens with zero attached hydrogens (tertiary/aromatic N) is 4. The lowest BCUT2D eigenvalue weighted by Crippen LogP contribution is -2.28. The van der Waals surface area contributed by atoms with Gasteiger partial charge in [-0.2, -0.15) is 5.10 Å². The molecule has 0 fully saturated rings. The molecular formula is C24H25N5O2. The maximum atomic E-state index is 12.9. The van der Waals surface area contributed by atoms with Crippen molar-refractivity contribution in [1.82, 2.24) is 19.3 Å². The molecule has 31 heavy (non-hydrogen) atoms. The van der Waals surface area contributed by atoms with Gasteiger partial charge in [-0.1, -0.05) is 38.1 Å². The number of benzene rings is 2. The van der Waals surface area contributed by atoms with Crippen LogP contribution in [-0.4, -0.2) is 25.2 Å². The second-order valence-corrected chi connectivity index (χ2v) is 8.01. The molecule has 0 aliphatic heterocycles. The minimum Gasteiger partial charge on any atom is -0.324 e. The van der Waals surface area contributed by atoms with Gasteiger partial charge >= 0.3 is 0 Å². The van der Waals surface area contributed by atoms with Gasteiger partial charge in [0.1, 0.15) is 18.3 Å². The van der Waals surface area contributed by atoms with Gasteiger partial charge in [-0.05, 0) is 54.7 Å². The Morgan fingerprint density at radius 2 is 1.84 bits per heavy atom. The molecule has 0 saturated carbocycles. The number of aryl methyl sites for hydroxylation is 1. The fourth-order valence-corrected chi connectivity index (χ4v) is 3.48. The first-order valence-electron chi connectivity index (χ1n) is 10.2. The Balaban J connectivity index is 1.59. The highest BCUT2D eigenvalue weighted by Gasteiger charge is 2.14. The predicted molar refractivity (Wildman–Crippen MR) is 122 cm³/mol. The third-order valence-corrected chi connectivity index (χ3v) is 5.55. The Kier molecular flexibility index (Phi) is 5.42. The van der Waals surface area contributed by atoms with Crippen LogP contribution < -0.4 is 10.9 Å². The van der Waals surface area contributed by atoms with E-state index in [-0.39, 0.29) is 18.0 Å². The van der Waals surface area contributed by atoms with E-state index in [4.69, 9.17) is 0 Å². The van der Waals surface area contributed by atoms with Gasteiger partial charge in [-0.15, -0.1) is 0 Å². The summed E-state index contributed by atoms with van der Waals surface area (Å²) in [7, 11) is 0. The third-order valence-electron chi connectivity index (χ3n) is 5.55. The van der Waals surface area contributed by atoms with E-state index in [1.54, 1.807) is 4.68 Å². The molecule has 0 radical (unpaired) electrons. The number of rotatable bonds is 5. The summed E-state index contributed by atoms with van der Waals surface area (Å²) in [6, 6.07) is 13.7. The Bertz CT molecular complexity index is 1320. The van der Waals surface area contributed by atoms with E-state index < -0.39 is 0 Å². The standard InChI is InChI=1S/C24H25N5O2/c1-15(2)18-8-10-19(11-9-18)29-23-20(12-26-29)24(31)28(14-25-23)13-22(30)27-21-7-5-6-16(3)17(21)4/h5-12,14-15H,13H2,1-4H3,(H,27,30). The van der Waals surface area contributed by atoms with Crippen molar-refractivity contribution < 1.29 is 4.79 Å². The number of carbonyl (C=O) groups excluding carboxylic acids is 1. The first-order chi connectivity index (χ1) is 14.8. The molecule has 1 N–H and O–H groups in total. The van der Waals surface area contributed by atoms with Gasteiger partial charge < -0.3 is 5.32 Å². The van der Waals surface area contributed by atoms with E-state index in [1.807, 2.05) is 56.3 Å².